The summed E-state index contributed by atoms with van der Waals surface area (Å²) in [7, 11) is 0. The molecule has 4 heteroatoms. The Morgan fingerprint density at radius 2 is 2.10 bits per heavy atom. The molecule has 1 saturated heterocycles. The number of aliphatic hydroxyl groups excluding tert-OH is 1. The van der Waals surface area contributed by atoms with Gasteiger partial charge in [0.15, 0.2) is 0 Å². The first-order valence-corrected chi connectivity index (χ1v) is 7.69. The maximum absolute atomic E-state index is 12.2. The van der Waals surface area contributed by atoms with Crippen molar-refractivity contribution in [1.29, 1.82) is 0 Å². The van der Waals surface area contributed by atoms with Gasteiger partial charge in [0.1, 0.15) is 5.60 Å². The summed E-state index contributed by atoms with van der Waals surface area (Å²) in [5.41, 5.74) is -0.465. The Balaban J connectivity index is 1.98. The maximum atomic E-state index is 12.2. The molecule has 20 heavy (non-hydrogen) atoms. The van der Waals surface area contributed by atoms with Crippen LogP contribution < -0.4 is 0 Å². The highest BCUT2D eigenvalue weighted by Crippen LogP contribution is 2.32. The molecular formula is C16H27NO3. The first kappa shape index (κ1) is 15.4. The van der Waals surface area contributed by atoms with E-state index < -0.39 is 5.60 Å². The number of hydrogen-bond acceptors (Lipinski definition) is 3. The van der Waals surface area contributed by atoms with Crippen LogP contribution in [0.5, 0.6) is 0 Å². The molecule has 0 aromatic heterocycles. The lowest BCUT2D eigenvalue weighted by Gasteiger charge is -2.40. The number of likely N-dealkylation sites (tertiary alicyclic amines) is 1. The summed E-state index contributed by atoms with van der Waals surface area (Å²) in [4.78, 5) is 13.9. The SMILES string of the molecule is CC(C)(C)OC(=O)N1CCC(O)C(C2C=CCCC2)C1. The highest BCUT2D eigenvalue weighted by atomic mass is 16.6. The van der Waals surface area contributed by atoms with E-state index in [4.69, 9.17) is 4.74 Å². The third-order valence-electron chi connectivity index (χ3n) is 4.11. The largest absolute Gasteiger partial charge is 0.444 e. The predicted molar refractivity (Wildman–Crippen MR) is 78.4 cm³/mol. The van der Waals surface area contributed by atoms with Crippen molar-refractivity contribution in [3.8, 4) is 0 Å². The molecule has 1 aliphatic heterocycles. The van der Waals surface area contributed by atoms with Crippen LogP contribution >= 0.6 is 0 Å². The molecule has 3 unspecified atom stereocenters. The van der Waals surface area contributed by atoms with Gasteiger partial charge in [-0.3, -0.25) is 0 Å². The van der Waals surface area contributed by atoms with E-state index >= 15 is 0 Å². The minimum atomic E-state index is -0.465. The van der Waals surface area contributed by atoms with Crippen molar-refractivity contribution in [2.45, 2.75) is 58.2 Å². The van der Waals surface area contributed by atoms with Crippen LogP contribution in [0.15, 0.2) is 12.2 Å². The fourth-order valence-electron chi connectivity index (χ4n) is 3.08. The Morgan fingerprint density at radius 1 is 1.35 bits per heavy atom. The van der Waals surface area contributed by atoms with Crippen molar-refractivity contribution in [3.05, 3.63) is 12.2 Å². The van der Waals surface area contributed by atoms with E-state index in [2.05, 4.69) is 12.2 Å². The zero-order valence-electron chi connectivity index (χ0n) is 12.8. The number of carbonyl (C=O) groups excluding carboxylic acids is 1. The molecule has 0 bridgehead atoms. The van der Waals surface area contributed by atoms with E-state index in [1.54, 1.807) is 4.90 Å². The summed E-state index contributed by atoms with van der Waals surface area (Å²) in [6.45, 7) is 6.83. The van der Waals surface area contributed by atoms with Crippen LogP contribution in [0.2, 0.25) is 0 Å². The molecule has 1 heterocycles. The van der Waals surface area contributed by atoms with Gasteiger partial charge >= 0.3 is 6.09 Å². The molecule has 1 aliphatic carbocycles. The number of amides is 1. The van der Waals surface area contributed by atoms with Crippen molar-refractivity contribution in [1.82, 2.24) is 4.90 Å². The van der Waals surface area contributed by atoms with E-state index in [-0.39, 0.29) is 18.1 Å². The number of carbonyl (C=O) groups is 1. The zero-order chi connectivity index (χ0) is 14.8. The molecule has 1 N–H and O–H groups in total. The minimum absolute atomic E-state index is 0.146. The van der Waals surface area contributed by atoms with Gasteiger partial charge in [-0.2, -0.15) is 0 Å². The Morgan fingerprint density at radius 3 is 2.70 bits per heavy atom. The van der Waals surface area contributed by atoms with Crippen LogP contribution in [0, 0.1) is 11.8 Å². The Hall–Kier alpha value is -1.03. The van der Waals surface area contributed by atoms with E-state index in [1.165, 1.54) is 6.42 Å². The van der Waals surface area contributed by atoms with Gasteiger partial charge in [0, 0.05) is 19.0 Å². The van der Waals surface area contributed by atoms with E-state index in [0.717, 1.165) is 12.8 Å². The first-order chi connectivity index (χ1) is 9.37. The van der Waals surface area contributed by atoms with Crippen LogP contribution in [-0.4, -0.2) is 40.9 Å². The average molecular weight is 281 g/mol. The highest BCUT2D eigenvalue weighted by molar-refractivity contribution is 5.68. The first-order valence-electron chi connectivity index (χ1n) is 7.69. The van der Waals surface area contributed by atoms with Crippen molar-refractivity contribution in [3.63, 3.8) is 0 Å². The second-order valence-corrected chi connectivity index (χ2v) is 6.97. The van der Waals surface area contributed by atoms with Gasteiger partial charge in [-0.15, -0.1) is 0 Å². The van der Waals surface area contributed by atoms with Crippen LogP contribution in [0.1, 0.15) is 46.5 Å². The number of aliphatic hydroxyl groups is 1. The molecule has 0 saturated carbocycles. The van der Waals surface area contributed by atoms with Gasteiger partial charge in [-0.25, -0.2) is 4.79 Å². The van der Waals surface area contributed by atoms with Gasteiger partial charge in [0.25, 0.3) is 0 Å². The average Bonchev–Trinajstić information content (AvgIpc) is 2.38. The Kier molecular flexibility index (Phi) is 4.74. The van der Waals surface area contributed by atoms with Gasteiger partial charge < -0.3 is 14.7 Å². The quantitative estimate of drug-likeness (QED) is 0.752. The molecule has 114 valence electrons. The number of rotatable bonds is 1. The van der Waals surface area contributed by atoms with E-state index in [0.29, 0.717) is 25.4 Å². The number of hydrogen-bond donors (Lipinski definition) is 1. The van der Waals surface area contributed by atoms with Crippen molar-refractivity contribution < 1.29 is 14.6 Å². The fourth-order valence-corrected chi connectivity index (χ4v) is 3.08. The lowest BCUT2D eigenvalue weighted by molar-refractivity contribution is -0.0184. The maximum Gasteiger partial charge on any atom is 0.410 e. The minimum Gasteiger partial charge on any atom is -0.444 e. The number of allylic oxidation sites excluding steroid dienone is 2. The summed E-state index contributed by atoms with van der Waals surface area (Å²) >= 11 is 0. The summed E-state index contributed by atoms with van der Waals surface area (Å²) < 4.78 is 5.44. The van der Waals surface area contributed by atoms with Crippen LogP contribution in [0.25, 0.3) is 0 Å². The molecule has 0 aromatic rings. The van der Waals surface area contributed by atoms with Crippen molar-refractivity contribution >= 4 is 6.09 Å². The molecule has 0 radical (unpaired) electrons. The van der Waals surface area contributed by atoms with Crippen LogP contribution in [0.4, 0.5) is 4.79 Å². The number of nitrogens with zero attached hydrogens (tertiary/aromatic N) is 1. The van der Waals surface area contributed by atoms with Gasteiger partial charge in [0.2, 0.25) is 0 Å². The lowest BCUT2D eigenvalue weighted by Crippen LogP contribution is -2.49. The summed E-state index contributed by atoms with van der Waals surface area (Å²) in [5.74, 6) is 0.539. The van der Waals surface area contributed by atoms with Gasteiger partial charge in [-0.1, -0.05) is 12.2 Å². The smallest absolute Gasteiger partial charge is 0.410 e. The molecule has 1 fully saturated rings. The second kappa shape index (κ2) is 6.17. The highest BCUT2D eigenvalue weighted by Gasteiger charge is 2.36. The summed E-state index contributed by atoms with van der Waals surface area (Å²) in [6, 6.07) is 0. The topological polar surface area (TPSA) is 49.8 Å². The van der Waals surface area contributed by atoms with E-state index in [9.17, 15) is 9.90 Å². The molecule has 2 rings (SSSR count). The fraction of sp³-hybridized carbons (Fsp3) is 0.812. The number of ether oxygens (including phenoxy) is 1. The Labute approximate surface area is 121 Å². The van der Waals surface area contributed by atoms with Crippen molar-refractivity contribution in [2.24, 2.45) is 11.8 Å². The molecule has 0 spiro atoms. The molecule has 1 amide bonds. The lowest BCUT2D eigenvalue weighted by atomic mass is 9.78. The summed E-state index contributed by atoms with van der Waals surface area (Å²) in [6.07, 6.45) is 7.93. The standard InChI is InChI=1S/C16H27NO3/c1-16(2,3)20-15(19)17-10-9-14(18)13(11-17)12-7-5-4-6-8-12/h5,7,12-14,18H,4,6,8-11H2,1-3H3. The molecular weight excluding hydrogens is 254 g/mol. The molecule has 3 atom stereocenters. The molecule has 2 aliphatic rings. The van der Waals surface area contributed by atoms with Gasteiger partial charge in [0.05, 0.1) is 6.10 Å². The summed E-state index contributed by atoms with van der Waals surface area (Å²) in [5, 5.41) is 10.2. The number of piperidine rings is 1. The van der Waals surface area contributed by atoms with E-state index in [1.807, 2.05) is 20.8 Å². The van der Waals surface area contributed by atoms with Crippen molar-refractivity contribution in [2.75, 3.05) is 13.1 Å². The van der Waals surface area contributed by atoms with Crippen LogP contribution in [0.3, 0.4) is 0 Å². The monoisotopic (exact) mass is 281 g/mol. The predicted octanol–water partition coefficient (Wildman–Crippen LogP) is 2.96. The normalized spacial score (nSPS) is 31.2. The molecule has 4 nitrogen and oxygen atoms in total. The zero-order valence-corrected chi connectivity index (χ0v) is 12.8. The Bertz CT molecular complexity index is 372. The molecule has 0 aromatic carbocycles. The second-order valence-electron chi connectivity index (χ2n) is 6.97. The third-order valence-corrected chi connectivity index (χ3v) is 4.11. The third kappa shape index (κ3) is 3.98. The van der Waals surface area contributed by atoms with Crippen LogP contribution in [-0.2, 0) is 4.74 Å². The van der Waals surface area contributed by atoms with Gasteiger partial charge in [-0.05, 0) is 52.4 Å².